The molecule has 0 atom stereocenters. The predicted molar refractivity (Wildman–Crippen MR) is 127 cm³/mol. The zero-order valence-corrected chi connectivity index (χ0v) is 19.6. The molecule has 0 aliphatic heterocycles. The number of hydrogen-bond acceptors (Lipinski definition) is 9. The van der Waals surface area contributed by atoms with E-state index in [9.17, 15) is 33.0 Å². The van der Waals surface area contributed by atoms with E-state index < -0.39 is 35.2 Å². The molecule has 4 N–H and O–H groups in total. The number of aromatic nitrogens is 7. The Balaban J connectivity index is 1.53. The first kappa shape index (κ1) is 25.8. The van der Waals surface area contributed by atoms with Crippen LogP contribution in [0.4, 0.5) is 13.2 Å². The van der Waals surface area contributed by atoms with Crippen LogP contribution >= 0.6 is 0 Å². The molecule has 0 saturated carbocycles. The monoisotopic (exact) mass is 553 g/mol. The maximum absolute atomic E-state index is 13.8. The highest BCUT2D eigenvalue weighted by molar-refractivity contribution is 5.91. The van der Waals surface area contributed by atoms with Crippen molar-refractivity contribution < 1.29 is 43.2 Å². The fourth-order valence-electron chi connectivity index (χ4n) is 3.66. The van der Waals surface area contributed by atoms with Gasteiger partial charge in [0.1, 0.15) is 34.0 Å². The lowest BCUT2D eigenvalue weighted by Gasteiger charge is -2.09. The first-order valence-corrected chi connectivity index (χ1v) is 11.0. The molecule has 0 spiro atoms. The lowest BCUT2D eigenvalue weighted by molar-refractivity contribution is -0.137. The fourth-order valence-corrected chi connectivity index (χ4v) is 3.66. The van der Waals surface area contributed by atoms with Crippen molar-refractivity contribution in [1.29, 1.82) is 0 Å². The van der Waals surface area contributed by atoms with Gasteiger partial charge >= 0.3 is 18.1 Å². The SMILES string of the molecule is O=C(O)c1ccc(-n2cc(-c3cc(C(F)(F)F)cc(-c4cn(-c5ccc(C(=O)O)c(O)c5)nn4)n3)nn2)cc1O. The van der Waals surface area contributed by atoms with E-state index in [1.807, 2.05) is 0 Å². The number of aromatic carboxylic acids is 2. The van der Waals surface area contributed by atoms with Gasteiger partial charge in [-0.3, -0.25) is 0 Å². The Morgan fingerprint density at radius 2 is 1.10 bits per heavy atom. The Labute approximate surface area is 220 Å². The molecule has 5 rings (SSSR count). The molecule has 202 valence electrons. The highest BCUT2D eigenvalue weighted by Crippen LogP contribution is 2.34. The zero-order valence-electron chi connectivity index (χ0n) is 19.6. The summed E-state index contributed by atoms with van der Waals surface area (Å²) in [6.45, 7) is 0. The van der Waals surface area contributed by atoms with Gasteiger partial charge in [-0.2, -0.15) is 13.2 Å². The van der Waals surface area contributed by atoms with Crippen molar-refractivity contribution in [3.8, 4) is 45.6 Å². The van der Waals surface area contributed by atoms with E-state index in [0.29, 0.717) is 0 Å². The van der Waals surface area contributed by atoms with E-state index >= 15 is 0 Å². The molecule has 0 aliphatic carbocycles. The molecule has 0 fully saturated rings. The first-order valence-electron chi connectivity index (χ1n) is 11.0. The molecular weight excluding hydrogens is 539 g/mol. The Morgan fingerprint density at radius 3 is 1.45 bits per heavy atom. The van der Waals surface area contributed by atoms with E-state index in [2.05, 4.69) is 25.6 Å². The highest BCUT2D eigenvalue weighted by atomic mass is 19.4. The first-order chi connectivity index (χ1) is 18.9. The van der Waals surface area contributed by atoms with Crippen molar-refractivity contribution in [2.45, 2.75) is 6.18 Å². The molecule has 0 bridgehead atoms. The number of phenols is 2. The van der Waals surface area contributed by atoms with Crippen molar-refractivity contribution in [3.05, 3.63) is 77.6 Å². The van der Waals surface area contributed by atoms with Gasteiger partial charge in [-0.05, 0) is 36.4 Å². The van der Waals surface area contributed by atoms with Gasteiger partial charge < -0.3 is 20.4 Å². The standard InChI is InChI=1S/C24H14F3N7O6/c25-24(26,27)11-5-16(18-9-33(31-29-18)12-1-3-14(22(37)38)20(35)7-12)28-17(6-11)19-10-34(32-30-19)13-2-4-15(23(39)40)21(36)8-13/h1-10,35-36H,(H,37,38)(H,39,40). The van der Waals surface area contributed by atoms with E-state index in [-0.39, 0.29) is 45.3 Å². The second kappa shape index (κ2) is 9.50. The normalized spacial score (nSPS) is 11.5. The molecular formula is C24H14F3N7O6. The minimum absolute atomic E-state index is 0.0734. The fraction of sp³-hybridized carbons (Fsp3) is 0.0417. The second-order valence-electron chi connectivity index (χ2n) is 8.23. The summed E-state index contributed by atoms with van der Waals surface area (Å²) in [5.74, 6) is -3.80. The summed E-state index contributed by atoms with van der Waals surface area (Å²) >= 11 is 0. The van der Waals surface area contributed by atoms with Crippen LogP contribution in [0.3, 0.4) is 0 Å². The minimum atomic E-state index is -4.77. The Kier molecular flexibility index (Phi) is 6.13. The number of aromatic hydroxyl groups is 2. The largest absolute Gasteiger partial charge is 0.507 e. The molecule has 3 aromatic heterocycles. The molecule has 0 unspecified atom stereocenters. The highest BCUT2D eigenvalue weighted by Gasteiger charge is 2.32. The Morgan fingerprint density at radius 1 is 0.675 bits per heavy atom. The molecule has 0 aliphatic rings. The van der Waals surface area contributed by atoms with Crippen molar-refractivity contribution in [2.75, 3.05) is 0 Å². The average Bonchev–Trinajstić information content (AvgIpc) is 3.58. The van der Waals surface area contributed by atoms with E-state index in [0.717, 1.165) is 45.8 Å². The smallest absolute Gasteiger partial charge is 0.416 e. The van der Waals surface area contributed by atoms with Crippen molar-refractivity contribution in [1.82, 2.24) is 35.0 Å². The van der Waals surface area contributed by atoms with Crippen LogP contribution < -0.4 is 0 Å². The van der Waals surface area contributed by atoms with Gasteiger partial charge in [-0.15, -0.1) is 10.2 Å². The number of rotatable bonds is 6. The van der Waals surface area contributed by atoms with Gasteiger partial charge in [0, 0.05) is 12.1 Å². The summed E-state index contributed by atoms with van der Waals surface area (Å²) in [6, 6.07) is 8.64. The predicted octanol–water partition coefficient (Wildman–Crippen LogP) is 3.40. The van der Waals surface area contributed by atoms with Gasteiger partial charge in [0.2, 0.25) is 0 Å². The summed E-state index contributed by atoms with van der Waals surface area (Å²) in [5.41, 5.74) is -1.98. The number of carboxylic acid groups (broad SMARTS) is 2. The van der Waals surface area contributed by atoms with Crippen LogP contribution in [0.2, 0.25) is 0 Å². The third-order valence-electron chi connectivity index (χ3n) is 5.62. The maximum atomic E-state index is 13.8. The van der Waals surface area contributed by atoms with Gasteiger partial charge in [0.15, 0.2) is 0 Å². The summed E-state index contributed by atoms with van der Waals surface area (Å²) in [4.78, 5) is 26.5. The number of pyridine rings is 1. The van der Waals surface area contributed by atoms with Crippen LogP contribution in [0.25, 0.3) is 34.2 Å². The molecule has 16 heteroatoms. The maximum Gasteiger partial charge on any atom is 0.416 e. The number of nitrogens with zero attached hydrogens (tertiary/aromatic N) is 7. The average molecular weight is 553 g/mol. The van der Waals surface area contributed by atoms with E-state index in [1.165, 1.54) is 24.5 Å². The number of hydrogen-bond donors (Lipinski definition) is 4. The summed E-state index contributed by atoms with van der Waals surface area (Å²) in [7, 11) is 0. The van der Waals surface area contributed by atoms with E-state index in [1.54, 1.807) is 0 Å². The zero-order chi connectivity index (χ0) is 28.8. The number of carbonyl (C=O) groups is 2. The topological polar surface area (TPSA) is 189 Å². The van der Waals surface area contributed by atoms with Crippen LogP contribution in [-0.4, -0.2) is 67.3 Å². The molecule has 0 saturated heterocycles. The molecule has 2 aromatic carbocycles. The molecule has 5 aromatic rings. The van der Waals surface area contributed by atoms with Crippen molar-refractivity contribution >= 4 is 11.9 Å². The third-order valence-corrected chi connectivity index (χ3v) is 5.62. The number of alkyl halides is 3. The minimum Gasteiger partial charge on any atom is -0.507 e. The Bertz CT molecular complexity index is 1680. The van der Waals surface area contributed by atoms with Crippen LogP contribution in [0, 0.1) is 0 Å². The van der Waals surface area contributed by atoms with Gasteiger partial charge in [0.25, 0.3) is 0 Å². The van der Waals surface area contributed by atoms with Crippen molar-refractivity contribution in [2.24, 2.45) is 0 Å². The van der Waals surface area contributed by atoms with Gasteiger partial charge in [-0.25, -0.2) is 23.9 Å². The molecule has 0 radical (unpaired) electrons. The third kappa shape index (κ3) is 4.87. The second-order valence-corrected chi connectivity index (χ2v) is 8.23. The number of benzene rings is 2. The summed E-state index contributed by atoms with van der Waals surface area (Å²) < 4.78 is 43.5. The van der Waals surface area contributed by atoms with Gasteiger partial charge in [0.05, 0.1) is 40.7 Å². The van der Waals surface area contributed by atoms with Crippen LogP contribution in [0.1, 0.15) is 26.3 Å². The van der Waals surface area contributed by atoms with Crippen LogP contribution in [0.15, 0.2) is 60.9 Å². The lowest BCUT2D eigenvalue weighted by atomic mass is 10.1. The van der Waals surface area contributed by atoms with E-state index in [4.69, 9.17) is 10.2 Å². The van der Waals surface area contributed by atoms with Crippen LogP contribution in [0.5, 0.6) is 11.5 Å². The summed E-state index contributed by atoms with van der Waals surface area (Å²) in [6.07, 6.45) is -2.29. The van der Waals surface area contributed by atoms with Gasteiger partial charge in [-0.1, -0.05) is 10.4 Å². The quantitative estimate of drug-likeness (QED) is 0.241. The lowest BCUT2D eigenvalue weighted by Crippen LogP contribution is -2.06. The van der Waals surface area contributed by atoms with Crippen LogP contribution in [-0.2, 0) is 6.18 Å². The molecule has 0 amide bonds. The summed E-state index contributed by atoms with van der Waals surface area (Å²) in [5, 5.41) is 53.4. The molecule has 40 heavy (non-hydrogen) atoms. The van der Waals surface area contributed by atoms with Crippen molar-refractivity contribution in [3.63, 3.8) is 0 Å². The Hall–Kier alpha value is -5.80. The number of halogens is 3. The number of carboxylic acids is 2. The molecule has 3 heterocycles. The molecule has 13 nitrogen and oxygen atoms in total.